The number of methoxy groups -OCH3 is 1. The summed E-state index contributed by atoms with van der Waals surface area (Å²) in [7, 11) is 1.33. The predicted molar refractivity (Wildman–Crippen MR) is 108 cm³/mol. The van der Waals surface area contributed by atoms with Gasteiger partial charge in [0, 0.05) is 6.20 Å². The Morgan fingerprint density at radius 2 is 1.71 bits per heavy atom. The molecule has 6 nitrogen and oxygen atoms in total. The van der Waals surface area contributed by atoms with Crippen LogP contribution in [0, 0.1) is 0 Å². The van der Waals surface area contributed by atoms with Gasteiger partial charge in [-0.05, 0) is 30.7 Å². The molecule has 6 heteroatoms. The van der Waals surface area contributed by atoms with Crippen molar-refractivity contribution >= 4 is 23.3 Å². The van der Waals surface area contributed by atoms with Gasteiger partial charge in [0.15, 0.2) is 0 Å². The third-order valence-electron chi connectivity index (χ3n) is 4.26. The summed E-state index contributed by atoms with van der Waals surface area (Å²) in [6, 6.07) is 18.3. The van der Waals surface area contributed by atoms with Crippen LogP contribution in [0.1, 0.15) is 39.2 Å². The maximum absolute atomic E-state index is 12.6. The fourth-order valence-corrected chi connectivity index (χ4v) is 2.77. The molecule has 0 aliphatic carbocycles. The van der Waals surface area contributed by atoms with E-state index < -0.39 is 5.97 Å². The number of rotatable bonds is 6. The number of hydrogen-bond acceptors (Lipinski definition) is 5. The molecule has 0 fully saturated rings. The second-order valence-corrected chi connectivity index (χ2v) is 6.23. The first-order valence-electron chi connectivity index (χ1n) is 8.83. The van der Waals surface area contributed by atoms with Crippen molar-refractivity contribution < 1.29 is 14.3 Å². The van der Waals surface area contributed by atoms with Crippen LogP contribution in [-0.4, -0.2) is 24.0 Å². The highest BCUT2D eigenvalue weighted by molar-refractivity contribution is 5.97. The summed E-state index contributed by atoms with van der Waals surface area (Å²) < 4.78 is 4.80. The summed E-state index contributed by atoms with van der Waals surface area (Å²) in [6.45, 7) is 1.93. The molecule has 1 heterocycles. The summed E-state index contributed by atoms with van der Waals surface area (Å²) in [6.07, 6.45) is 3.09. The van der Waals surface area contributed by atoms with E-state index in [4.69, 9.17) is 4.74 Å². The second-order valence-electron chi connectivity index (χ2n) is 6.23. The number of nitrogens with one attached hydrogen (secondary N) is 2. The number of nitrogens with zero attached hydrogens (tertiary/aromatic N) is 1. The zero-order valence-corrected chi connectivity index (χ0v) is 15.7. The van der Waals surface area contributed by atoms with E-state index in [1.54, 1.807) is 36.5 Å². The highest BCUT2D eigenvalue weighted by Gasteiger charge is 2.14. The number of pyridine rings is 1. The number of ether oxygens (including phenoxy) is 1. The molecule has 3 aromatic rings. The van der Waals surface area contributed by atoms with E-state index in [0.29, 0.717) is 22.5 Å². The number of amides is 1. The van der Waals surface area contributed by atoms with Gasteiger partial charge in [-0.1, -0.05) is 42.5 Å². The largest absolute Gasteiger partial charge is 0.465 e. The van der Waals surface area contributed by atoms with Gasteiger partial charge in [-0.25, -0.2) is 4.79 Å². The Hall–Kier alpha value is -3.67. The number of carbonyl (C=O) groups excluding carboxylic acids is 2. The van der Waals surface area contributed by atoms with E-state index >= 15 is 0 Å². The average molecular weight is 375 g/mol. The minimum atomic E-state index is -0.443. The Kier molecular flexibility index (Phi) is 6.01. The zero-order valence-electron chi connectivity index (χ0n) is 15.7. The van der Waals surface area contributed by atoms with Crippen molar-refractivity contribution in [3.8, 4) is 0 Å². The third kappa shape index (κ3) is 4.54. The fourth-order valence-electron chi connectivity index (χ4n) is 2.77. The van der Waals surface area contributed by atoms with Gasteiger partial charge in [0.05, 0.1) is 41.9 Å². The second kappa shape index (κ2) is 8.81. The van der Waals surface area contributed by atoms with Crippen LogP contribution in [0.2, 0.25) is 0 Å². The van der Waals surface area contributed by atoms with Crippen molar-refractivity contribution in [2.45, 2.75) is 13.0 Å². The first-order valence-corrected chi connectivity index (χ1v) is 8.83. The van der Waals surface area contributed by atoms with Crippen LogP contribution in [-0.2, 0) is 4.74 Å². The maximum atomic E-state index is 12.6. The molecule has 2 aromatic carbocycles. The minimum Gasteiger partial charge on any atom is -0.465 e. The molecule has 0 saturated carbocycles. The SMILES string of the molecule is COC(=O)c1ccccc1Nc1cncc(C(=O)NC(C)c2ccccc2)c1. The molecule has 0 saturated heterocycles. The Morgan fingerprint density at radius 1 is 1.00 bits per heavy atom. The monoisotopic (exact) mass is 375 g/mol. The molecule has 0 bridgehead atoms. The van der Waals surface area contributed by atoms with Crippen molar-refractivity contribution in [3.05, 3.63) is 89.7 Å². The van der Waals surface area contributed by atoms with Crippen LogP contribution < -0.4 is 10.6 Å². The lowest BCUT2D eigenvalue weighted by Gasteiger charge is -2.15. The summed E-state index contributed by atoms with van der Waals surface area (Å²) in [5.41, 5.74) is 3.01. The molecule has 3 rings (SSSR count). The van der Waals surface area contributed by atoms with Crippen LogP contribution in [0.4, 0.5) is 11.4 Å². The molecule has 1 amide bonds. The highest BCUT2D eigenvalue weighted by Crippen LogP contribution is 2.22. The number of hydrogen-bond donors (Lipinski definition) is 2. The molecule has 1 atom stereocenters. The molecule has 0 aliphatic heterocycles. The van der Waals surface area contributed by atoms with E-state index in [0.717, 1.165) is 5.56 Å². The molecule has 1 aromatic heterocycles. The van der Waals surface area contributed by atoms with Crippen molar-refractivity contribution in [2.75, 3.05) is 12.4 Å². The zero-order chi connectivity index (χ0) is 19.9. The lowest BCUT2D eigenvalue weighted by Crippen LogP contribution is -2.26. The number of para-hydroxylation sites is 1. The topological polar surface area (TPSA) is 80.3 Å². The van der Waals surface area contributed by atoms with Gasteiger partial charge >= 0.3 is 5.97 Å². The van der Waals surface area contributed by atoms with Gasteiger partial charge in [-0.2, -0.15) is 0 Å². The van der Waals surface area contributed by atoms with Crippen LogP contribution in [0.15, 0.2) is 73.1 Å². The normalized spacial score (nSPS) is 11.4. The number of aromatic nitrogens is 1. The van der Waals surface area contributed by atoms with E-state index in [1.807, 2.05) is 37.3 Å². The number of esters is 1. The van der Waals surface area contributed by atoms with Crippen molar-refractivity contribution in [3.63, 3.8) is 0 Å². The lowest BCUT2D eigenvalue weighted by atomic mass is 10.1. The van der Waals surface area contributed by atoms with Crippen LogP contribution in [0.3, 0.4) is 0 Å². The quantitative estimate of drug-likeness (QED) is 0.634. The molecule has 1 unspecified atom stereocenters. The first-order chi connectivity index (χ1) is 13.6. The summed E-state index contributed by atoms with van der Waals surface area (Å²) in [5.74, 6) is -0.671. The Labute approximate surface area is 163 Å². The molecule has 0 spiro atoms. The summed E-state index contributed by atoms with van der Waals surface area (Å²) in [4.78, 5) is 28.7. The number of benzene rings is 2. The molecular weight excluding hydrogens is 354 g/mol. The first kappa shape index (κ1) is 19.1. The fraction of sp³-hybridized carbons (Fsp3) is 0.136. The maximum Gasteiger partial charge on any atom is 0.339 e. The molecule has 0 aliphatic rings. The van der Waals surface area contributed by atoms with Crippen molar-refractivity contribution in [1.82, 2.24) is 10.3 Å². The number of anilines is 2. The third-order valence-corrected chi connectivity index (χ3v) is 4.26. The van der Waals surface area contributed by atoms with E-state index in [2.05, 4.69) is 15.6 Å². The number of carbonyl (C=O) groups is 2. The molecule has 0 radical (unpaired) electrons. The van der Waals surface area contributed by atoms with Crippen molar-refractivity contribution in [2.24, 2.45) is 0 Å². The van der Waals surface area contributed by atoms with Gasteiger partial charge in [-0.15, -0.1) is 0 Å². The van der Waals surface area contributed by atoms with Gasteiger partial charge in [0.2, 0.25) is 0 Å². The van der Waals surface area contributed by atoms with Crippen LogP contribution >= 0.6 is 0 Å². The highest BCUT2D eigenvalue weighted by atomic mass is 16.5. The molecule has 142 valence electrons. The van der Waals surface area contributed by atoms with E-state index in [1.165, 1.54) is 13.3 Å². The standard InChI is InChI=1S/C22H21N3O3/c1-15(16-8-4-3-5-9-16)24-21(26)17-12-18(14-23-13-17)25-20-11-7-6-10-19(20)22(27)28-2/h3-15,25H,1-2H3,(H,24,26). The summed E-state index contributed by atoms with van der Waals surface area (Å²) >= 11 is 0. The Bertz CT molecular complexity index is 974. The van der Waals surface area contributed by atoms with Gasteiger partial charge in [0.1, 0.15) is 0 Å². The predicted octanol–water partition coefficient (Wildman–Crippen LogP) is 4.10. The van der Waals surface area contributed by atoms with Gasteiger partial charge in [0.25, 0.3) is 5.91 Å². The van der Waals surface area contributed by atoms with Crippen LogP contribution in [0.25, 0.3) is 0 Å². The van der Waals surface area contributed by atoms with Gasteiger partial charge < -0.3 is 15.4 Å². The smallest absolute Gasteiger partial charge is 0.339 e. The molecule has 28 heavy (non-hydrogen) atoms. The minimum absolute atomic E-state index is 0.134. The van der Waals surface area contributed by atoms with Crippen LogP contribution in [0.5, 0.6) is 0 Å². The molecule has 2 N–H and O–H groups in total. The Balaban J connectivity index is 1.76. The Morgan fingerprint density at radius 3 is 2.46 bits per heavy atom. The lowest BCUT2D eigenvalue weighted by molar-refractivity contribution is 0.0601. The summed E-state index contributed by atoms with van der Waals surface area (Å²) in [5, 5.41) is 6.09. The van der Waals surface area contributed by atoms with E-state index in [9.17, 15) is 9.59 Å². The molecular formula is C22H21N3O3. The van der Waals surface area contributed by atoms with E-state index in [-0.39, 0.29) is 11.9 Å². The van der Waals surface area contributed by atoms with Gasteiger partial charge in [-0.3, -0.25) is 9.78 Å². The van der Waals surface area contributed by atoms with Crippen molar-refractivity contribution in [1.29, 1.82) is 0 Å². The average Bonchev–Trinajstić information content (AvgIpc) is 2.74.